The Bertz CT molecular complexity index is 1570. The monoisotopic (exact) mass is 507 g/mol. The topological polar surface area (TPSA) is 156 Å². The fraction of sp³-hybridized carbons (Fsp3) is 0. The van der Waals surface area contributed by atoms with Crippen LogP contribution in [0.5, 0.6) is 0 Å². The van der Waals surface area contributed by atoms with Crippen molar-refractivity contribution in [2.75, 3.05) is 9.44 Å². The molecule has 0 amide bonds. The summed E-state index contributed by atoms with van der Waals surface area (Å²) in [5, 5.41) is 9.57. The van der Waals surface area contributed by atoms with E-state index in [4.69, 9.17) is 16.0 Å². The van der Waals surface area contributed by atoms with Crippen LogP contribution in [0, 0.1) is 0 Å². The van der Waals surface area contributed by atoms with Crippen molar-refractivity contribution in [1.82, 2.24) is 4.98 Å². The van der Waals surface area contributed by atoms with Crippen LogP contribution in [0.4, 0.5) is 11.4 Å². The molecule has 4 aromatic rings. The van der Waals surface area contributed by atoms with Crippen molar-refractivity contribution in [1.29, 1.82) is 0 Å². The second-order valence-corrected chi connectivity index (χ2v) is 10.4. The van der Waals surface area contributed by atoms with Gasteiger partial charge >= 0.3 is 5.97 Å². The molecule has 0 atom stereocenters. The van der Waals surface area contributed by atoms with E-state index in [1.807, 2.05) is 0 Å². The number of carboxylic acids is 1. The number of hydrogen-bond donors (Lipinski definition) is 3. The van der Waals surface area contributed by atoms with Crippen molar-refractivity contribution >= 4 is 60.0 Å². The lowest BCUT2D eigenvalue weighted by Crippen LogP contribution is -2.19. The molecule has 170 valence electrons. The van der Waals surface area contributed by atoms with Crippen LogP contribution in [-0.4, -0.2) is 32.9 Å². The third kappa shape index (κ3) is 4.62. The van der Waals surface area contributed by atoms with Gasteiger partial charge in [-0.2, -0.15) is 8.42 Å². The Kier molecular flexibility index (Phi) is 5.74. The molecule has 0 unspecified atom stereocenters. The number of rotatable bonds is 7. The highest BCUT2D eigenvalue weighted by Gasteiger charge is 2.26. The minimum absolute atomic E-state index is 0.118. The number of benzene rings is 2. The first kappa shape index (κ1) is 22.6. The van der Waals surface area contributed by atoms with E-state index in [2.05, 4.69) is 14.4 Å². The number of fused-ring (bicyclic) bond motifs is 1. The number of aromatic nitrogens is 1. The molecule has 0 aliphatic rings. The van der Waals surface area contributed by atoms with E-state index in [-0.39, 0.29) is 16.4 Å². The van der Waals surface area contributed by atoms with Gasteiger partial charge in [0.05, 0.1) is 16.9 Å². The first-order chi connectivity index (χ1) is 15.6. The summed E-state index contributed by atoms with van der Waals surface area (Å²) in [5.74, 6) is -1.47. The number of pyridine rings is 1. The number of carbonyl (C=O) groups is 1. The Morgan fingerprint density at radius 2 is 1.67 bits per heavy atom. The molecule has 0 aliphatic heterocycles. The van der Waals surface area contributed by atoms with Gasteiger partial charge in [0.25, 0.3) is 20.0 Å². The molecule has 0 saturated carbocycles. The summed E-state index contributed by atoms with van der Waals surface area (Å²) in [6, 6.07) is 12.8. The van der Waals surface area contributed by atoms with Gasteiger partial charge < -0.3 is 9.52 Å². The average Bonchev–Trinajstić information content (AvgIpc) is 3.21. The van der Waals surface area contributed by atoms with E-state index in [1.54, 1.807) is 24.3 Å². The summed E-state index contributed by atoms with van der Waals surface area (Å²) >= 11 is 5.99. The lowest BCUT2D eigenvalue weighted by Gasteiger charge is -2.15. The largest absolute Gasteiger partial charge is 0.478 e. The molecule has 0 saturated heterocycles. The van der Waals surface area contributed by atoms with Crippen LogP contribution in [0.2, 0.25) is 5.02 Å². The second kappa shape index (κ2) is 8.39. The first-order valence-electron chi connectivity index (χ1n) is 9.08. The summed E-state index contributed by atoms with van der Waals surface area (Å²) in [4.78, 5) is 14.5. The molecule has 10 nitrogen and oxygen atoms in total. The molecule has 0 spiro atoms. The number of sulfonamides is 2. The van der Waals surface area contributed by atoms with Gasteiger partial charge in [-0.25, -0.2) is 13.2 Å². The standard InChI is InChI=1S/C20H14ClN3O7S2/c21-13-5-6-15(23-32(27,28)18-11-22-8-7-14(18)20(25)26)16(10-13)24-33(29,30)19-9-12-3-1-2-4-17(12)31-19/h1-11,23-24H,(H,25,26). The summed E-state index contributed by atoms with van der Waals surface area (Å²) in [6.45, 7) is 0. The summed E-state index contributed by atoms with van der Waals surface area (Å²) in [5.41, 5.74) is -0.551. The van der Waals surface area contributed by atoms with Gasteiger partial charge in [0.1, 0.15) is 10.5 Å². The van der Waals surface area contributed by atoms with E-state index in [9.17, 15) is 26.7 Å². The van der Waals surface area contributed by atoms with E-state index < -0.39 is 41.6 Å². The predicted octanol–water partition coefficient (Wildman–Crippen LogP) is 3.78. The molecular weight excluding hydrogens is 494 g/mol. The summed E-state index contributed by atoms with van der Waals surface area (Å²) in [6.07, 6.45) is 2.01. The van der Waals surface area contributed by atoms with Gasteiger partial charge in [-0.3, -0.25) is 14.4 Å². The van der Waals surface area contributed by atoms with Crippen molar-refractivity contribution < 1.29 is 31.2 Å². The Labute approximate surface area is 192 Å². The van der Waals surface area contributed by atoms with Crippen LogP contribution in [0.15, 0.2) is 81.4 Å². The maximum absolute atomic E-state index is 12.9. The summed E-state index contributed by atoms with van der Waals surface area (Å²) in [7, 11) is -8.73. The fourth-order valence-corrected chi connectivity index (χ4v) is 5.38. The van der Waals surface area contributed by atoms with Crippen molar-refractivity contribution in [3.63, 3.8) is 0 Å². The zero-order valence-corrected chi connectivity index (χ0v) is 18.8. The van der Waals surface area contributed by atoms with Crippen molar-refractivity contribution in [2.24, 2.45) is 0 Å². The van der Waals surface area contributed by atoms with Crippen LogP contribution in [-0.2, 0) is 20.0 Å². The average molecular weight is 508 g/mol. The Hall–Kier alpha value is -3.61. The molecule has 3 N–H and O–H groups in total. The number of hydrogen-bond acceptors (Lipinski definition) is 7. The highest BCUT2D eigenvalue weighted by atomic mass is 35.5. The Morgan fingerprint density at radius 3 is 2.39 bits per heavy atom. The molecule has 2 heterocycles. The molecule has 2 aromatic carbocycles. The second-order valence-electron chi connectivity index (χ2n) is 6.68. The van der Waals surface area contributed by atoms with Gasteiger partial charge in [0.15, 0.2) is 0 Å². The number of nitrogens with one attached hydrogen (secondary N) is 2. The number of nitrogens with zero attached hydrogens (tertiary/aromatic N) is 1. The van der Waals surface area contributed by atoms with Crippen LogP contribution in [0.25, 0.3) is 11.0 Å². The van der Waals surface area contributed by atoms with Crippen molar-refractivity contribution in [3.05, 3.63) is 77.6 Å². The predicted molar refractivity (Wildman–Crippen MR) is 120 cm³/mol. The van der Waals surface area contributed by atoms with Gasteiger partial charge in [-0.05, 0) is 30.3 Å². The quantitative estimate of drug-likeness (QED) is 0.341. The molecule has 0 aliphatic carbocycles. The molecule has 33 heavy (non-hydrogen) atoms. The molecule has 2 aromatic heterocycles. The zero-order valence-electron chi connectivity index (χ0n) is 16.4. The highest BCUT2D eigenvalue weighted by Crippen LogP contribution is 2.32. The number of anilines is 2. The Balaban J connectivity index is 1.72. The van der Waals surface area contributed by atoms with Gasteiger partial charge in [-0.1, -0.05) is 29.8 Å². The van der Waals surface area contributed by atoms with E-state index >= 15 is 0 Å². The lowest BCUT2D eigenvalue weighted by atomic mass is 10.3. The van der Waals surface area contributed by atoms with Gasteiger partial charge in [0, 0.05) is 28.9 Å². The van der Waals surface area contributed by atoms with Gasteiger partial charge in [-0.15, -0.1) is 0 Å². The van der Waals surface area contributed by atoms with E-state index in [1.165, 1.54) is 24.3 Å². The normalized spacial score (nSPS) is 11.9. The SMILES string of the molecule is O=C(O)c1ccncc1S(=O)(=O)Nc1ccc(Cl)cc1NS(=O)(=O)c1cc2ccccc2o1. The molecule has 13 heteroatoms. The van der Waals surface area contributed by atoms with Crippen LogP contribution >= 0.6 is 11.6 Å². The van der Waals surface area contributed by atoms with E-state index in [0.717, 1.165) is 18.5 Å². The Morgan fingerprint density at radius 1 is 0.939 bits per heavy atom. The fourth-order valence-electron chi connectivity index (χ4n) is 2.95. The molecular formula is C20H14ClN3O7S2. The van der Waals surface area contributed by atoms with Crippen LogP contribution in [0.1, 0.15) is 10.4 Å². The van der Waals surface area contributed by atoms with Crippen LogP contribution in [0.3, 0.4) is 0 Å². The highest BCUT2D eigenvalue weighted by molar-refractivity contribution is 7.93. The first-order valence-corrected chi connectivity index (χ1v) is 12.4. The minimum Gasteiger partial charge on any atom is -0.478 e. The maximum atomic E-state index is 12.9. The van der Waals surface area contributed by atoms with Crippen molar-refractivity contribution in [3.8, 4) is 0 Å². The lowest BCUT2D eigenvalue weighted by molar-refractivity contribution is 0.0692. The maximum Gasteiger partial charge on any atom is 0.337 e. The molecule has 0 bridgehead atoms. The van der Waals surface area contributed by atoms with Gasteiger partial charge in [0.2, 0.25) is 5.09 Å². The number of para-hydroxylation sites is 1. The number of carboxylic acid groups (broad SMARTS) is 1. The molecule has 0 radical (unpaired) electrons. The minimum atomic E-state index is -4.46. The van der Waals surface area contributed by atoms with Crippen molar-refractivity contribution in [2.45, 2.75) is 9.99 Å². The molecule has 4 rings (SSSR count). The van der Waals surface area contributed by atoms with E-state index in [0.29, 0.717) is 11.0 Å². The third-order valence-electron chi connectivity index (χ3n) is 4.44. The third-order valence-corrected chi connectivity index (χ3v) is 7.29. The number of aromatic carboxylic acids is 1. The molecule has 0 fully saturated rings. The smallest absolute Gasteiger partial charge is 0.337 e. The van der Waals surface area contributed by atoms with Crippen LogP contribution < -0.4 is 9.44 Å². The zero-order chi connectivity index (χ0) is 23.8. The number of furan rings is 1. The number of halogens is 1. The summed E-state index contributed by atoms with van der Waals surface area (Å²) < 4.78 is 61.4.